The molecule has 2 heterocycles. The molecule has 0 bridgehead atoms. The predicted molar refractivity (Wildman–Crippen MR) is 145 cm³/mol. The molecule has 10 heteroatoms. The molecular formula is C29H22FN3O5S. The number of benzene rings is 3. The fourth-order valence-electron chi connectivity index (χ4n) is 4.28. The number of thiazole rings is 1. The molecule has 0 saturated carbocycles. The van der Waals surface area contributed by atoms with E-state index in [-0.39, 0.29) is 11.1 Å². The Morgan fingerprint density at radius 3 is 2.56 bits per heavy atom. The van der Waals surface area contributed by atoms with Gasteiger partial charge < -0.3 is 15.2 Å². The number of amides is 1. The third kappa shape index (κ3) is 5.55. The zero-order chi connectivity index (χ0) is 27.5. The quantitative estimate of drug-likeness (QED) is 0.371. The minimum absolute atomic E-state index is 0.272. The van der Waals surface area contributed by atoms with Gasteiger partial charge in [-0.25, -0.2) is 14.2 Å². The summed E-state index contributed by atoms with van der Waals surface area (Å²) in [6.07, 6.45) is 1.65. The first-order valence-electron chi connectivity index (χ1n) is 11.9. The van der Waals surface area contributed by atoms with Crippen LogP contribution in [0.1, 0.15) is 24.1 Å². The number of carbonyl (C=O) groups is 2. The SMILES string of the molecule is CC1=C(C(=O)Nc2ccccc2)[C@@H](c2ccc(F)cc2)n2c(s/c(=C\c3cccc(OCC(=O)O)c3)c2=O)=N1. The number of nitrogens with zero attached hydrogens (tertiary/aromatic N) is 2. The van der Waals surface area contributed by atoms with Crippen LogP contribution < -0.4 is 24.9 Å². The van der Waals surface area contributed by atoms with Gasteiger partial charge in [-0.05, 0) is 60.5 Å². The molecule has 0 spiro atoms. The van der Waals surface area contributed by atoms with E-state index in [4.69, 9.17) is 9.84 Å². The Morgan fingerprint density at radius 1 is 1.10 bits per heavy atom. The number of halogens is 1. The van der Waals surface area contributed by atoms with Gasteiger partial charge in [-0.2, -0.15) is 0 Å². The molecule has 196 valence electrons. The van der Waals surface area contributed by atoms with Crippen LogP contribution >= 0.6 is 11.3 Å². The van der Waals surface area contributed by atoms with E-state index in [2.05, 4.69) is 10.3 Å². The molecule has 0 aliphatic carbocycles. The maximum Gasteiger partial charge on any atom is 0.341 e. The molecule has 1 aliphatic heterocycles. The first-order valence-corrected chi connectivity index (χ1v) is 12.7. The van der Waals surface area contributed by atoms with Crippen LogP contribution in [0, 0.1) is 5.82 Å². The van der Waals surface area contributed by atoms with Crippen LogP contribution in [0.4, 0.5) is 10.1 Å². The van der Waals surface area contributed by atoms with Crippen molar-refractivity contribution in [2.24, 2.45) is 4.99 Å². The third-order valence-electron chi connectivity index (χ3n) is 6.00. The topological polar surface area (TPSA) is 110 Å². The molecule has 8 nitrogen and oxygen atoms in total. The number of hydrogen-bond donors (Lipinski definition) is 2. The van der Waals surface area contributed by atoms with E-state index in [9.17, 15) is 18.8 Å². The van der Waals surface area contributed by atoms with Crippen LogP contribution in [0.5, 0.6) is 5.75 Å². The fourth-order valence-corrected chi connectivity index (χ4v) is 5.33. The molecule has 0 fully saturated rings. The van der Waals surface area contributed by atoms with Crippen LogP contribution in [0.25, 0.3) is 6.08 Å². The minimum Gasteiger partial charge on any atom is -0.482 e. The van der Waals surface area contributed by atoms with Crippen LogP contribution in [0.3, 0.4) is 0 Å². The molecule has 2 N–H and O–H groups in total. The van der Waals surface area contributed by atoms with Gasteiger partial charge >= 0.3 is 5.97 Å². The first-order chi connectivity index (χ1) is 18.8. The molecule has 39 heavy (non-hydrogen) atoms. The van der Waals surface area contributed by atoms with E-state index in [0.717, 1.165) is 11.3 Å². The molecule has 0 radical (unpaired) electrons. The van der Waals surface area contributed by atoms with Gasteiger partial charge in [0.2, 0.25) is 0 Å². The molecule has 0 unspecified atom stereocenters. The number of aromatic nitrogens is 1. The van der Waals surface area contributed by atoms with Crippen LogP contribution in [-0.2, 0) is 9.59 Å². The van der Waals surface area contributed by atoms with Crippen molar-refractivity contribution in [3.8, 4) is 5.75 Å². The summed E-state index contributed by atoms with van der Waals surface area (Å²) in [6, 6.07) is 20.5. The van der Waals surface area contributed by atoms with Gasteiger partial charge in [-0.15, -0.1) is 0 Å². The number of carboxylic acids is 1. The molecule has 1 aromatic heterocycles. The van der Waals surface area contributed by atoms with Crippen molar-refractivity contribution in [1.82, 2.24) is 4.57 Å². The van der Waals surface area contributed by atoms with Gasteiger partial charge in [-0.3, -0.25) is 14.2 Å². The maximum atomic E-state index is 13.8. The summed E-state index contributed by atoms with van der Waals surface area (Å²) in [5.74, 6) is -1.61. The Labute approximate surface area is 225 Å². The number of nitrogens with one attached hydrogen (secondary N) is 1. The van der Waals surface area contributed by atoms with Crippen molar-refractivity contribution in [2.45, 2.75) is 13.0 Å². The van der Waals surface area contributed by atoms with Crippen molar-refractivity contribution in [2.75, 3.05) is 11.9 Å². The van der Waals surface area contributed by atoms with Crippen molar-refractivity contribution in [1.29, 1.82) is 0 Å². The number of anilines is 1. The molecule has 1 aliphatic rings. The summed E-state index contributed by atoms with van der Waals surface area (Å²) in [5.41, 5.74) is 2.11. The summed E-state index contributed by atoms with van der Waals surface area (Å²) in [6.45, 7) is 1.22. The van der Waals surface area contributed by atoms with Crippen LogP contribution in [0.2, 0.25) is 0 Å². The normalized spacial score (nSPS) is 14.9. The second kappa shape index (κ2) is 10.9. The van der Waals surface area contributed by atoms with Gasteiger partial charge in [0.15, 0.2) is 11.4 Å². The Morgan fingerprint density at radius 2 is 1.85 bits per heavy atom. The second-order valence-electron chi connectivity index (χ2n) is 8.71. The van der Waals surface area contributed by atoms with E-state index < -0.39 is 30.3 Å². The largest absolute Gasteiger partial charge is 0.482 e. The maximum absolute atomic E-state index is 13.8. The molecule has 1 atom stereocenters. The number of rotatable bonds is 7. The van der Waals surface area contributed by atoms with Gasteiger partial charge in [0.1, 0.15) is 11.6 Å². The smallest absolute Gasteiger partial charge is 0.341 e. The molecule has 5 rings (SSSR count). The Hall–Kier alpha value is -4.83. The molecule has 0 saturated heterocycles. The minimum atomic E-state index is -1.10. The van der Waals surface area contributed by atoms with E-state index in [0.29, 0.717) is 37.6 Å². The monoisotopic (exact) mass is 543 g/mol. The standard InChI is InChI=1S/C29H22FN3O5S/c1-17-25(27(36)32-21-7-3-2-4-8-21)26(19-10-12-20(30)13-11-19)33-28(37)23(39-29(33)31-17)15-18-6-5-9-22(14-18)38-16-24(34)35/h2-15,26H,16H2,1H3,(H,32,36)(H,34,35)/b23-15-/t26-/m1/s1. The van der Waals surface area contributed by atoms with Crippen molar-refractivity contribution < 1.29 is 23.8 Å². The Bertz CT molecular complexity index is 1780. The lowest BCUT2D eigenvalue weighted by atomic mass is 9.95. The van der Waals surface area contributed by atoms with E-state index in [1.165, 1.54) is 16.7 Å². The molecule has 4 aromatic rings. The Balaban J connectivity index is 1.61. The number of ether oxygens (including phenoxy) is 1. The zero-order valence-electron chi connectivity index (χ0n) is 20.6. The first kappa shape index (κ1) is 25.8. The highest BCUT2D eigenvalue weighted by Gasteiger charge is 2.32. The molecule has 3 aromatic carbocycles. The predicted octanol–water partition coefficient (Wildman–Crippen LogP) is 3.48. The van der Waals surface area contributed by atoms with E-state index >= 15 is 0 Å². The highest BCUT2D eigenvalue weighted by Crippen LogP contribution is 2.31. The summed E-state index contributed by atoms with van der Waals surface area (Å²) >= 11 is 1.16. The van der Waals surface area contributed by atoms with Gasteiger partial charge in [0, 0.05) is 5.69 Å². The van der Waals surface area contributed by atoms with Crippen molar-refractivity contribution in [3.05, 3.63) is 127 Å². The number of para-hydroxylation sites is 1. The highest BCUT2D eigenvalue weighted by atomic mass is 32.1. The number of allylic oxidation sites excluding steroid dienone is 1. The lowest BCUT2D eigenvalue weighted by Crippen LogP contribution is -2.40. The number of carboxylic acid groups (broad SMARTS) is 1. The average Bonchev–Trinajstić information content (AvgIpc) is 3.22. The number of aliphatic carboxylic acids is 1. The summed E-state index contributed by atoms with van der Waals surface area (Å²) < 4.78 is 20.8. The van der Waals surface area contributed by atoms with Gasteiger partial charge in [-0.1, -0.05) is 53.8 Å². The number of fused-ring (bicyclic) bond motifs is 1. The number of carbonyl (C=O) groups excluding carboxylic acids is 1. The van der Waals surface area contributed by atoms with Crippen LogP contribution in [0.15, 0.2) is 99.9 Å². The van der Waals surface area contributed by atoms with Crippen molar-refractivity contribution in [3.63, 3.8) is 0 Å². The van der Waals surface area contributed by atoms with Crippen LogP contribution in [-0.4, -0.2) is 28.2 Å². The molecular weight excluding hydrogens is 521 g/mol. The van der Waals surface area contributed by atoms with Gasteiger partial charge in [0.05, 0.1) is 21.8 Å². The lowest BCUT2D eigenvalue weighted by Gasteiger charge is -2.25. The highest BCUT2D eigenvalue weighted by molar-refractivity contribution is 7.07. The summed E-state index contributed by atoms with van der Waals surface area (Å²) in [4.78, 5) is 43.1. The van der Waals surface area contributed by atoms with Crippen molar-refractivity contribution >= 4 is 35.0 Å². The Kier molecular flexibility index (Phi) is 7.20. The molecule has 1 amide bonds. The fraction of sp³-hybridized carbons (Fsp3) is 0.103. The van der Waals surface area contributed by atoms with E-state index in [1.807, 2.05) is 6.07 Å². The second-order valence-corrected chi connectivity index (χ2v) is 9.72. The average molecular weight is 544 g/mol. The summed E-state index contributed by atoms with van der Waals surface area (Å²) in [5, 5.41) is 11.7. The number of hydrogen-bond acceptors (Lipinski definition) is 6. The van der Waals surface area contributed by atoms with Gasteiger partial charge in [0.25, 0.3) is 11.5 Å². The van der Waals surface area contributed by atoms with E-state index in [1.54, 1.807) is 73.7 Å². The zero-order valence-corrected chi connectivity index (χ0v) is 21.4. The lowest BCUT2D eigenvalue weighted by molar-refractivity contribution is -0.139. The third-order valence-corrected chi connectivity index (χ3v) is 6.98. The summed E-state index contributed by atoms with van der Waals surface area (Å²) in [7, 11) is 0.